The van der Waals surface area contributed by atoms with Gasteiger partial charge in [-0.05, 0) is 65.6 Å². The maximum Gasteiger partial charge on any atom is 0.233 e. The SMILES string of the molecule is NC(=O)C1(C(N)=O)CC1c1ccc(Oc2ccnc3cc(-c4ccncc4)ccc23)cc1. The van der Waals surface area contributed by atoms with E-state index in [9.17, 15) is 9.59 Å². The number of nitrogens with two attached hydrogens (primary N) is 2. The highest BCUT2D eigenvalue weighted by Crippen LogP contribution is 2.59. The molecule has 7 nitrogen and oxygen atoms in total. The van der Waals surface area contributed by atoms with Crippen LogP contribution in [0.15, 0.2) is 79.3 Å². The van der Waals surface area contributed by atoms with Gasteiger partial charge in [0.1, 0.15) is 16.9 Å². The lowest BCUT2D eigenvalue weighted by Gasteiger charge is -2.11. The quantitative estimate of drug-likeness (QED) is 0.459. The van der Waals surface area contributed by atoms with E-state index in [0.29, 0.717) is 17.9 Å². The van der Waals surface area contributed by atoms with Crippen LogP contribution in [0.2, 0.25) is 0 Å². The van der Waals surface area contributed by atoms with E-state index in [1.165, 1.54) is 0 Å². The highest BCUT2D eigenvalue weighted by atomic mass is 16.5. The number of nitrogens with zero attached hydrogens (tertiary/aromatic N) is 2. The lowest BCUT2D eigenvalue weighted by molar-refractivity contribution is -0.133. The number of carbonyl (C=O) groups excluding carboxylic acids is 2. The maximum atomic E-state index is 11.7. The van der Waals surface area contributed by atoms with Crippen molar-refractivity contribution in [1.29, 1.82) is 0 Å². The van der Waals surface area contributed by atoms with Crippen molar-refractivity contribution in [1.82, 2.24) is 9.97 Å². The summed E-state index contributed by atoms with van der Waals surface area (Å²) in [5.41, 5.74) is 13.3. The summed E-state index contributed by atoms with van der Waals surface area (Å²) >= 11 is 0. The van der Waals surface area contributed by atoms with E-state index in [-0.39, 0.29) is 5.92 Å². The van der Waals surface area contributed by atoms with Crippen molar-refractivity contribution in [2.45, 2.75) is 12.3 Å². The number of hydrogen-bond donors (Lipinski definition) is 2. The Morgan fingerprint density at radius 1 is 0.875 bits per heavy atom. The lowest BCUT2D eigenvalue weighted by atomic mass is 9.97. The molecule has 2 aromatic heterocycles. The van der Waals surface area contributed by atoms with Crippen LogP contribution >= 0.6 is 0 Å². The fraction of sp³-hybridized carbons (Fsp3) is 0.120. The molecule has 0 aliphatic heterocycles. The van der Waals surface area contributed by atoms with E-state index in [2.05, 4.69) is 9.97 Å². The first-order chi connectivity index (χ1) is 15.5. The monoisotopic (exact) mass is 424 g/mol. The first kappa shape index (κ1) is 19.7. The van der Waals surface area contributed by atoms with Gasteiger partial charge in [0.15, 0.2) is 0 Å². The molecule has 1 unspecified atom stereocenters. The first-order valence-electron chi connectivity index (χ1n) is 10.2. The van der Waals surface area contributed by atoms with Crippen LogP contribution in [0, 0.1) is 5.41 Å². The number of primary amides is 2. The molecule has 4 N–H and O–H groups in total. The Morgan fingerprint density at radius 3 is 2.25 bits per heavy atom. The zero-order valence-electron chi connectivity index (χ0n) is 17.1. The van der Waals surface area contributed by atoms with Crippen molar-refractivity contribution in [3.8, 4) is 22.6 Å². The van der Waals surface area contributed by atoms with Gasteiger partial charge in [0.25, 0.3) is 0 Å². The molecule has 2 amide bonds. The third-order valence-electron chi connectivity index (χ3n) is 6.07. The van der Waals surface area contributed by atoms with Gasteiger partial charge >= 0.3 is 0 Å². The molecule has 0 bridgehead atoms. The molecular formula is C25H20N4O3. The number of ether oxygens (including phenoxy) is 1. The normalized spacial score (nSPS) is 16.4. The predicted octanol–water partition coefficient (Wildman–Crippen LogP) is 3.53. The zero-order chi connectivity index (χ0) is 22.3. The summed E-state index contributed by atoms with van der Waals surface area (Å²) in [6.45, 7) is 0. The third kappa shape index (κ3) is 3.24. The number of benzene rings is 2. The highest BCUT2D eigenvalue weighted by Gasteiger charge is 2.64. The second kappa shape index (κ2) is 7.46. The zero-order valence-corrected chi connectivity index (χ0v) is 17.1. The summed E-state index contributed by atoms with van der Waals surface area (Å²) in [5.74, 6) is -0.336. The van der Waals surface area contributed by atoms with Crippen LogP contribution in [0.1, 0.15) is 17.9 Å². The van der Waals surface area contributed by atoms with Crippen molar-refractivity contribution in [2.24, 2.45) is 16.9 Å². The van der Waals surface area contributed by atoms with Gasteiger partial charge in [-0.1, -0.05) is 18.2 Å². The van der Waals surface area contributed by atoms with E-state index in [1.807, 2.05) is 48.5 Å². The molecule has 1 saturated carbocycles. The standard InChI is InChI=1S/C25H20N4O3/c26-23(30)25(24(27)31)14-20(25)16-1-4-18(5-2-16)32-22-9-12-29-21-13-17(3-6-19(21)22)15-7-10-28-11-8-15/h1-13,20H,14H2,(H2,26,30)(H2,27,31). The average molecular weight is 424 g/mol. The smallest absolute Gasteiger partial charge is 0.233 e. The molecule has 0 spiro atoms. The van der Waals surface area contributed by atoms with Crippen molar-refractivity contribution >= 4 is 22.7 Å². The number of aromatic nitrogens is 2. The summed E-state index contributed by atoms with van der Waals surface area (Å²) in [7, 11) is 0. The third-order valence-corrected chi connectivity index (χ3v) is 6.07. The maximum absolute atomic E-state index is 11.7. The minimum Gasteiger partial charge on any atom is -0.457 e. The second-order valence-electron chi connectivity index (χ2n) is 7.90. The lowest BCUT2D eigenvalue weighted by Crippen LogP contribution is -2.38. The van der Waals surface area contributed by atoms with Gasteiger partial charge in [-0.2, -0.15) is 0 Å². The highest BCUT2D eigenvalue weighted by molar-refractivity contribution is 6.08. The van der Waals surface area contributed by atoms with E-state index in [1.54, 1.807) is 30.7 Å². The van der Waals surface area contributed by atoms with Crippen LogP contribution in [0.4, 0.5) is 0 Å². The molecule has 32 heavy (non-hydrogen) atoms. The Labute approximate surface area is 184 Å². The van der Waals surface area contributed by atoms with E-state index in [4.69, 9.17) is 16.2 Å². The van der Waals surface area contributed by atoms with E-state index >= 15 is 0 Å². The Hall–Kier alpha value is -4.26. The number of pyridine rings is 2. The second-order valence-corrected chi connectivity index (χ2v) is 7.90. The van der Waals surface area contributed by atoms with Gasteiger partial charge in [0, 0.05) is 29.9 Å². The molecule has 1 aliphatic rings. The summed E-state index contributed by atoms with van der Waals surface area (Å²) in [6.07, 6.45) is 5.57. The van der Waals surface area contributed by atoms with Gasteiger partial charge in [-0.25, -0.2) is 0 Å². The topological polar surface area (TPSA) is 121 Å². The van der Waals surface area contributed by atoms with Crippen LogP contribution < -0.4 is 16.2 Å². The molecule has 1 aliphatic carbocycles. The first-order valence-corrected chi connectivity index (χ1v) is 10.2. The van der Waals surface area contributed by atoms with Gasteiger partial charge in [0.2, 0.25) is 11.8 Å². The summed E-state index contributed by atoms with van der Waals surface area (Å²) in [6, 6.07) is 19.0. The van der Waals surface area contributed by atoms with Crippen molar-refractivity contribution in [2.75, 3.05) is 0 Å². The molecule has 158 valence electrons. The van der Waals surface area contributed by atoms with Crippen LogP contribution in [-0.4, -0.2) is 21.8 Å². The Morgan fingerprint density at radius 2 is 1.59 bits per heavy atom. The molecule has 2 heterocycles. The summed E-state index contributed by atoms with van der Waals surface area (Å²) in [4.78, 5) is 32.0. The molecule has 0 saturated heterocycles. The molecule has 5 rings (SSSR count). The van der Waals surface area contributed by atoms with E-state index in [0.717, 1.165) is 27.6 Å². The number of carbonyl (C=O) groups is 2. The fourth-order valence-corrected chi connectivity index (χ4v) is 4.16. The Bertz CT molecular complexity index is 1320. The van der Waals surface area contributed by atoms with Gasteiger partial charge in [-0.15, -0.1) is 0 Å². The predicted molar refractivity (Wildman–Crippen MR) is 120 cm³/mol. The van der Waals surface area contributed by atoms with Gasteiger partial charge < -0.3 is 16.2 Å². The molecule has 1 atom stereocenters. The van der Waals surface area contributed by atoms with Crippen molar-refractivity contribution in [3.63, 3.8) is 0 Å². The summed E-state index contributed by atoms with van der Waals surface area (Å²) in [5, 5.41) is 0.887. The molecule has 0 radical (unpaired) electrons. The van der Waals surface area contributed by atoms with Crippen LogP contribution in [0.25, 0.3) is 22.0 Å². The number of amides is 2. The molecular weight excluding hydrogens is 404 g/mol. The largest absolute Gasteiger partial charge is 0.457 e. The summed E-state index contributed by atoms with van der Waals surface area (Å²) < 4.78 is 6.11. The molecule has 7 heteroatoms. The van der Waals surface area contributed by atoms with E-state index < -0.39 is 17.2 Å². The van der Waals surface area contributed by atoms with Crippen LogP contribution in [0.5, 0.6) is 11.5 Å². The van der Waals surface area contributed by atoms with Crippen LogP contribution in [-0.2, 0) is 9.59 Å². The molecule has 2 aromatic carbocycles. The average Bonchev–Trinajstić information content (AvgIpc) is 3.58. The number of hydrogen-bond acceptors (Lipinski definition) is 5. The Balaban J connectivity index is 1.39. The minimum absolute atomic E-state index is 0.292. The van der Waals surface area contributed by atoms with Crippen molar-refractivity contribution in [3.05, 3.63) is 84.8 Å². The number of fused-ring (bicyclic) bond motifs is 1. The number of rotatable bonds is 6. The minimum atomic E-state index is -1.28. The fourth-order valence-electron chi connectivity index (χ4n) is 4.16. The molecule has 1 fully saturated rings. The molecule has 4 aromatic rings. The van der Waals surface area contributed by atoms with Gasteiger partial charge in [-0.3, -0.25) is 19.6 Å². The van der Waals surface area contributed by atoms with Crippen LogP contribution in [0.3, 0.4) is 0 Å². The Kier molecular flexibility index (Phi) is 4.59. The van der Waals surface area contributed by atoms with Gasteiger partial charge in [0.05, 0.1) is 5.52 Å². The van der Waals surface area contributed by atoms with Crippen molar-refractivity contribution < 1.29 is 14.3 Å².